The molecule has 2 fully saturated rings. The summed E-state index contributed by atoms with van der Waals surface area (Å²) in [4.78, 5) is 25.5. The van der Waals surface area contributed by atoms with Crippen molar-refractivity contribution in [1.82, 2.24) is 8.87 Å². The van der Waals surface area contributed by atoms with E-state index < -0.39 is 27.1 Å². The number of hydrogen-bond acceptors (Lipinski definition) is 6. The molecular weight excluding hydrogens is 442 g/mol. The minimum absolute atomic E-state index is 0.0984. The highest BCUT2D eigenvalue weighted by Crippen LogP contribution is 2.51. The summed E-state index contributed by atoms with van der Waals surface area (Å²) < 4.78 is 35.1. The number of aryl methyl sites for hydroxylation is 1. The molecule has 2 heterocycles. The van der Waals surface area contributed by atoms with Gasteiger partial charge in [0, 0.05) is 29.6 Å². The molecule has 1 aliphatic carbocycles. The minimum Gasteiger partial charge on any atom is -0.440 e. The Hall–Kier alpha value is -3.01. The van der Waals surface area contributed by atoms with Crippen molar-refractivity contribution < 1.29 is 17.9 Å². The number of pyridine rings is 1. The van der Waals surface area contributed by atoms with E-state index in [4.69, 9.17) is 10.5 Å². The molecule has 0 radical (unpaired) electrons. The predicted octanol–water partition coefficient (Wildman–Crippen LogP) is 2.38. The second kappa shape index (κ2) is 7.79. The Morgan fingerprint density at radius 2 is 1.85 bits per heavy atom. The van der Waals surface area contributed by atoms with Gasteiger partial charge in [0.25, 0.3) is 5.56 Å². The van der Waals surface area contributed by atoms with Gasteiger partial charge in [-0.05, 0) is 56.5 Å². The average molecular weight is 468 g/mol. The number of carbonyl (C=O) groups is 1. The first-order valence-electron chi connectivity index (χ1n) is 10.9. The summed E-state index contributed by atoms with van der Waals surface area (Å²) in [5.74, 6) is -0.543. The molecule has 2 N–H and O–H groups in total. The largest absolute Gasteiger partial charge is 0.440 e. The Morgan fingerprint density at radius 1 is 1.12 bits per heavy atom. The zero-order chi connectivity index (χ0) is 23.4. The molecule has 1 saturated carbocycles. The van der Waals surface area contributed by atoms with E-state index in [1.165, 1.54) is 21.1 Å². The van der Waals surface area contributed by atoms with Crippen LogP contribution in [0.4, 0.5) is 0 Å². The number of fused-ring (bicyclic) bond motifs is 1. The lowest BCUT2D eigenvalue weighted by atomic mass is 10.1. The van der Waals surface area contributed by atoms with Gasteiger partial charge in [-0.25, -0.2) is 13.2 Å². The molecule has 5 rings (SSSR count). The fraction of sp³-hybridized carbons (Fsp3) is 0.333. The molecule has 9 heteroatoms. The van der Waals surface area contributed by atoms with Crippen LogP contribution in [0.5, 0.6) is 0 Å². The van der Waals surface area contributed by atoms with E-state index in [1.807, 2.05) is 6.92 Å². The molecule has 172 valence electrons. The van der Waals surface area contributed by atoms with Crippen LogP contribution in [-0.2, 0) is 21.5 Å². The average Bonchev–Trinajstić information content (AvgIpc) is 3.53. The number of esters is 1. The fourth-order valence-corrected chi connectivity index (χ4v) is 6.76. The van der Waals surface area contributed by atoms with Crippen molar-refractivity contribution in [2.75, 3.05) is 6.54 Å². The van der Waals surface area contributed by atoms with Crippen molar-refractivity contribution in [3.05, 3.63) is 76.2 Å². The van der Waals surface area contributed by atoms with Gasteiger partial charge < -0.3 is 10.5 Å². The highest BCUT2D eigenvalue weighted by atomic mass is 32.2. The summed E-state index contributed by atoms with van der Waals surface area (Å²) in [7, 11) is -3.82. The smallest absolute Gasteiger partial charge is 0.339 e. The first kappa shape index (κ1) is 21.8. The number of ether oxygens (including phenoxy) is 1. The van der Waals surface area contributed by atoms with Crippen LogP contribution >= 0.6 is 0 Å². The van der Waals surface area contributed by atoms with Gasteiger partial charge in [-0.3, -0.25) is 9.36 Å². The van der Waals surface area contributed by atoms with Crippen LogP contribution < -0.4 is 11.3 Å². The third kappa shape index (κ3) is 3.56. The van der Waals surface area contributed by atoms with E-state index in [-0.39, 0.29) is 23.1 Å². The molecule has 1 atom stereocenters. The summed E-state index contributed by atoms with van der Waals surface area (Å²) in [6.07, 6.45) is 3.60. The first-order valence-corrected chi connectivity index (χ1v) is 12.3. The first-order chi connectivity index (χ1) is 15.7. The lowest BCUT2D eigenvalue weighted by molar-refractivity contribution is 0.0367. The maximum absolute atomic E-state index is 13.5. The molecule has 3 aromatic rings. The molecule has 33 heavy (non-hydrogen) atoms. The zero-order valence-electron chi connectivity index (χ0n) is 18.2. The second-order valence-corrected chi connectivity index (χ2v) is 10.6. The van der Waals surface area contributed by atoms with Crippen LogP contribution in [-0.4, -0.2) is 41.4 Å². The van der Waals surface area contributed by atoms with Gasteiger partial charge in [-0.15, -0.1) is 0 Å². The molecule has 0 bridgehead atoms. The Balaban J connectivity index is 1.45. The Kier molecular flexibility index (Phi) is 5.15. The van der Waals surface area contributed by atoms with E-state index in [2.05, 4.69) is 0 Å². The van der Waals surface area contributed by atoms with Crippen molar-refractivity contribution in [3.63, 3.8) is 0 Å². The normalized spacial score (nSPS) is 19.8. The van der Waals surface area contributed by atoms with E-state index >= 15 is 0 Å². The number of carbonyl (C=O) groups excluding carboxylic acids is 1. The number of nitrogens with zero attached hydrogens (tertiary/aromatic N) is 2. The van der Waals surface area contributed by atoms with Crippen LogP contribution in [0.25, 0.3) is 10.8 Å². The molecule has 0 amide bonds. The molecule has 1 unspecified atom stereocenters. The number of rotatable bonds is 5. The molecule has 1 saturated heterocycles. The molecular formula is C24H25N3O5S. The lowest BCUT2D eigenvalue weighted by Gasteiger charge is -2.26. The topological polar surface area (TPSA) is 112 Å². The quantitative estimate of drug-likeness (QED) is 0.577. The Labute approximate surface area is 191 Å². The van der Waals surface area contributed by atoms with Gasteiger partial charge in [-0.1, -0.05) is 23.8 Å². The van der Waals surface area contributed by atoms with E-state index in [0.29, 0.717) is 23.9 Å². The van der Waals surface area contributed by atoms with Gasteiger partial charge in [0.15, 0.2) is 6.73 Å². The Morgan fingerprint density at radius 3 is 2.55 bits per heavy atom. The van der Waals surface area contributed by atoms with Crippen molar-refractivity contribution in [3.8, 4) is 0 Å². The fourth-order valence-electron chi connectivity index (χ4n) is 4.68. The molecule has 1 spiro atoms. The van der Waals surface area contributed by atoms with Gasteiger partial charge in [0.2, 0.25) is 10.0 Å². The third-order valence-corrected chi connectivity index (χ3v) is 8.80. The van der Waals surface area contributed by atoms with Crippen molar-refractivity contribution >= 4 is 26.8 Å². The van der Waals surface area contributed by atoms with Gasteiger partial charge in [0.05, 0.1) is 16.0 Å². The zero-order valence-corrected chi connectivity index (χ0v) is 19.0. The van der Waals surface area contributed by atoms with Gasteiger partial charge in [-0.2, -0.15) is 4.31 Å². The van der Waals surface area contributed by atoms with Crippen LogP contribution in [0.15, 0.2) is 64.4 Å². The van der Waals surface area contributed by atoms with E-state index in [0.717, 1.165) is 18.4 Å². The maximum atomic E-state index is 13.5. The number of hydrogen-bond donors (Lipinski definition) is 1. The molecule has 2 aromatic carbocycles. The van der Waals surface area contributed by atoms with Gasteiger partial charge in [0.1, 0.15) is 0 Å². The Bertz CT molecular complexity index is 1410. The summed E-state index contributed by atoms with van der Waals surface area (Å²) >= 11 is 0. The van der Waals surface area contributed by atoms with Crippen LogP contribution in [0.1, 0.15) is 35.2 Å². The molecule has 1 aliphatic heterocycles. The summed E-state index contributed by atoms with van der Waals surface area (Å²) in [5.41, 5.74) is 6.70. The highest BCUT2D eigenvalue weighted by molar-refractivity contribution is 7.89. The van der Waals surface area contributed by atoms with Crippen molar-refractivity contribution in [2.24, 2.45) is 5.73 Å². The molecule has 1 aromatic heterocycles. The SMILES string of the molecule is Cc1ccc(C(=O)OCn2ccc3c(S(=O)(=O)N4CCC(N)C45CC5)cccc3c2=O)cc1. The number of sulfonamides is 1. The summed E-state index contributed by atoms with van der Waals surface area (Å²) in [5, 5.41) is 0.596. The molecule has 2 aliphatic rings. The minimum atomic E-state index is -3.82. The van der Waals surface area contributed by atoms with Crippen molar-refractivity contribution in [1.29, 1.82) is 0 Å². The summed E-state index contributed by atoms with van der Waals surface area (Å²) in [6.45, 7) is 2.02. The van der Waals surface area contributed by atoms with Crippen LogP contribution in [0.3, 0.4) is 0 Å². The number of aromatic nitrogens is 1. The monoisotopic (exact) mass is 467 g/mol. The maximum Gasteiger partial charge on any atom is 0.339 e. The number of benzene rings is 2. The van der Waals surface area contributed by atoms with E-state index in [9.17, 15) is 18.0 Å². The van der Waals surface area contributed by atoms with Crippen LogP contribution in [0.2, 0.25) is 0 Å². The van der Waals surface area contributed by atoms with E-state index in [1.54, 1.807) is 42.5 Å². The third-order valence-electron chi connectivity index (χ3n) is 6.76. The van der Waals surface area contributed by atoms with Crippen molar-refractivity contribution in [2.45, 2.75) is 49.4 Å². The number of nitrogens with two attached hydrogens (primary N) is 1. The standard InChI is InChI=1S/C24H25N3O5S/c1-16-5-7-17(8-6-16)23(29)32-15-26-13-9-18-19(22(26)28)3-2-4-20(18)33(30,31)27-14-10-21(25)24(27)11-12-24/h2-9,13,21H,10-12,14-15,25H2,1H3. The van der Waals surface area contributed by atoms with Gasteiger partial charge >= 0.3 is 5.97 Å². The highest BCUT2D eigenvalue weighted by Gasteiger charge is 2.60. The second-order valence-electron chi connectivity index (χ2n) is 8.81. The predicted molar refractivity (Wildman–Crippen MR) is 123 cm³/mol. The molecule has 8 nitrogen and oxygen atoms in total. The lowest BCUT2D eigenvalue weighted by Crippen LogP contribution is -2.44. The van der Waals surface area contributed by atoms with Crippen LogP contribution in [0, 0.1) is 6.92 Å². The summed E-state index contributed by atoms with van der Waals surface area (Å²) in [6, 6.07) is 13.0.